The molecule has 2 amide bonds. The minimum Gasteiger partial charge on any atom is -0.342 e. The third-order valence-corrected chi connectivity index (χ3v) is 7.00. The quantitative estimate of drug-likeness (QED) is 0.575. The van der Waals surface area contributed by atoms with E-state index in [1.54, 1.807) is 6.07 Å². The van der Waals surface area contributed by atoms with Gasteiger partial charge in [0.15, 0.2) is 0 Å². The van der Waals surface area contributed by atoms with Crippen molar-refractivity contribution in [2.24, 2.45) is 5.92 Å². The van der Waals surface area contributed by atoms with Gasteiger partial charge in [0.25, 0.3) is 5.91 Å². The van der Waals surface area contributed by atoms with Crippen molar-refractivity contribution >= 4 is 35.2 Å². The zero-order valence-electron chi connectivity index (χ0n) is 19.2. The number of halogens is 2. The van der Waals surface area contributed by atoms with Crippen LogP contribution in [0.1, 0.15) is 65.6 Å². The number of likely N-dealkylation sites (tertiary alicyclic amines) is 1. The minimum absolute atomic E-state index is 0.197. The van der Waals surface area contributed by atoms with Gasteiger partial charge in [-0.05, 0) is 74.1 Å². The molecule has 2 fully saturated rings. The van der Waals surface area contributed by atoms with Crippen molar-refractivity contribution < 1.29 is 14.0 Å². The van der Waals surface area contributed by atoms with Gasteiger partial charge >= 0.3 is 0 Å². The van der Waals surface area contributed by atoms with Gasteiger partial charge in [-0.1, -0.05) is 36.1 Å². The van der Waals surface area contributed by atoms with Gasteiger partial charge in [-0.3, -0.25) is 9.59 Å². The molecule has 4 rings (SSSR count). The molecular formula is C27H27ClFN3O2. The van der Waals surface area contributed by atoms with Crippen LogP contribution in [0.5, 0.6) is 0 Å². The number of nitriles is 1. The van der Waals surface area contributed by atoms with E-state index in [0.29, 0.717) is 16.6 Å². The molecule has 1 heterocycles. The Morgan fingerprint density at radius 1 is 1.18 bits per heavy atom. The highest BCUT2D eigenvalue weighted by molar-refractivity contribution is 6.31. The summed E-state index contributed by atoms with van der Waals surface area (Å²) in [6, 6.07) is 9.05. The second kappa shape index (κ2) is 10.4. The van der Waals surface area contributed by atoms with Crippen LogP contribution in [0.2, 0.25) is 5.02 Å². The van der Waals surface area contributed by atoms with Crippen LogP contribution in [0.3, 0.4) is 0 Å². The number of nitrogens with one attached hydrogen (secondary N) is 1. The summed E-state index contributed by atoms with van der Waals surface area (Å²) in [7, 11) is 0. The predicted molar refractivity (Wildman–Crippen MR) is 131 cm³/mol. The molecule has 2 aliphatic rings. The van der Waals surface area contributed by atoms with Crippen molar-refractivity contribution in [1.29, 1.82) is 5.26 Å². The highest BCUT2D eigenvalue weighted by atomic mass is 35.5. The van der Waals surface area contributed by atoms with E-state index < -0.39 is 11.7 Å². The molecule has 1 N–H and O–H groups in total. The van der Waals surface area contributed by atoms with Crippen LogP contribution >= 0.6 is 11.6 Å². The Bertz CT molecular complexity index is 1190. The smallest absolute Gasteiger partial charge is 0.258 e. The Morgan fingerprint density at radius 2 is 1.88 bits per heavy atom. The molecule has 1 aliphatic heterocycles. The Kier molecular flexibility index (Phi) is 7.33. The minimum atomic E-state index is -0.697. The van der Waals surface area contributed by atoms with Crippen molar-refractivity contribution in [3.8, 4) is 6.07 Å². The number of amides is 2. The monoisotopic (exact) mass is 479 g/mol. The molecule has 0 bridgehead atoms. The molecule has 176 valence electrons. The van der Waals surface area contributed by atoms with Gasteiger partial charge in [0, 0.05) is 29.7 Å². The third-order valence-electron chi connectivity index (χ3n) is 6.78. The Hall–Kier alpha value is -3.17. The molecule has 1 saturated heterocycles. The molecule has 0 aromatic heterocycles. The fourth-order valence-electron chi connectivity index (χ4n) is 4.75. The number of carbonyl (C=O) groups excluding carboxylic acids is 2. The van der Waals surface area contributed by atoms with E-state index in [0.717, 1.165) is 68.8 Å². The molecule has 34 heavy (non-hydrogen) atoms. The highest BCUT2D eigenvalue weighted by Crippen LogP contribution is 2.31. The number of rotatable bonds is 4. The Morgan fingerprint density at radius 3 is 2.56 bits per heavy atom. The van der Waals surface area contributed by atoms with Gasteiger partial charge in [0.1, 0.15) is 5.82 Å². The fraction of sp³-hybridized carbons (Fsp3) is 0.370. The number of piperidine rings is 1. The summed E-state index contributed by atoms with van der Waals surface area (Å²) in [5.74, 6) is -0.839. The normalized spacial score (nSPS) is 16.3. The first kappa shape index (κ1) is 24.0. The summed E-state index contributed by atoms with van der Waals surface area (Å²) in [6.45, 7) is 3.32. The van der Waals surface area contributed by atoms with Gasteiger partial charge < -0.3 is 10.2 Å². The lowest BCUT2D eigenvalue weighted by atomic mass is 9.96. The standard InChI is InChI=1S/C27H27ClFN3O2/c1-17-21(12-18-8-10-32(11-9-18)27(34)20-4-2-3-5-20)14-22(28)15-25(17)31-26(33)23-13-19(16-30)6-7-24(23)29/h6-7,12-15,20H,2-5,8-11H2,1H3,(H,31,33). The van der Waals surface area contributed by atoms with E-state index in [-0.39, 0.29) is 17.0 Å². The van der Waals surface area contributed by atoms with Gasteiger partial charge in [-0.2, -0.15) is 5.26 Å². The van der Waals surface area contributed by atoms with E-state index in [4.69, 9.17) is 16.9 Å². The highest BCUT2D eigenvalue weighted by Gasteiger charge is 2.28. The summed E-state index contributed by atoms with van der Waals surface area (Å²) in [6.07, 6.45) is 8.01. The lowest BCUT2D eigenvalue weighted by molar-refractivity contribution is -0.135. The number of carbonyl (C=O) groups is 2. The molecule has 1 aliphatic carbocycles. The average Bonchev–Trinajstić information content (AvgIpc) is 3.37. The van der Waals surface area contributed by atoms with Crippen molar-refractivity contribution in [1.82, 2.24) is 4.90 Å². The molecule has 2 aromatic carbocycles. The zero-order valence-corrected chi connectivity index (χ0v) is 19.9. The van der Waals surface area contributed by atoms with Gasteiger partial charge in [-0.15, -0.1) is 0 Å². The summed E-state index contributed by atoms with van der Waals surface area (Å²) in [5, 5.41) is 12.2. The van der Waals surface area contributed by atoms with Crippen molar-refractivity contribution in [2.45, 2.75) is 45.4 Å². The first-order chi connectivity index (χ1) is 16.4. The van der Waals surface area contributed by atoms with Crippen molar-refractivity contribution in [3.63, 3.8) is 0 Å². The summed E-state index contributed by atoms with van der Waals surface area (Å²) in [4.78, 5) is 27.4. The number of anilines is 1. The summed E-state index contributed by atoms with van der Waals surface area (Å²) < 4.78 is 14.2. The zero-order chi connectivity index (χ0) is 24.2. The maximum atomic E-state index is 14.2. The van der Waals surface area contributed by atoms with Crippen LogP contribution in [0, 0.1) is 30.0 Å². The van der Waals surface area contributed by atoms with Crippen LogP contribution in [-0.2, 0) is 4.79 Å². The van der Waals surface area contributed by atoms with Crippen LogP contribution < -0.4 is 5.32 Å². The lowest BCUT2D eigenvalue weighted by Gasteiger charge is -2.30. The van der Waals surface area contributed by atoms with E-state index >= 15 is 0 Å². The molecule has 5 nitrogen and oxygen atoms in total. The summed E-state index contributed by atoms with van der Waals surface area (Å²) >= 11 is 6.33. The van der Waals surface area contributed by atoms with Crippen LogP contribution in [-0.4, -0.2) is 29.8 Å². The SMILES string of the molecule is Cc1c(C=C2CCN(C(=O)C3CCCC3)CC2)cc(Cl)cc1NC(=O)c1cc(C#N)ccc1F. The fourth-order valence-corrected chi connectivity index (χ4v) is 4.97. The maximum absolute atomic E-state index is 14.2. The van der Waals surface area contributed by atoms with Gasteiger partial charge in [0.2, 0.25) is 5.91 Å². The molecule has 0 unspecified atom stereocenters. The Balaban J connectivity index is 1.49. The van der Waals surface area contributed by atoms with Crippen molar-refractivity contribution in [3.05, 3.63) is 69.0 Å². The van der Waals surface area contributed by atoms with E-state index in [2.05, 4.69) is 11.4 Å². The van der Waals surface area contributed by atoms with E-state index in [1.165, 1.54) is 17.7 Å². The first-order valence-electron chi connectivity index (χ1n) is 11.6. The number of hydrogen-bond donors (Lipinski definition) is 1. The van der Waals surface area contributed by atoms with Crippen LogP contribution in [0.15, 0.2) is 35.9 Å². The van der Waals surface area contributed by atoms with Crippen molar-refractivity contribution in [2.75, 3.05) is 18.4 Å². The average molecular weight is 480 g/mol. The largest absolute Gasteiger partial charge is 0.342 e. The number of hydrogen-bond acceptors (Lipinski definition) is 3. The molecule has 0 spiro atoms. The van der Waals surface area contributed by atoms with E-state index in [1.807, 2.05) is 24.0 Å². The lowest BCUT2D eigenvalue weighted by Crippen LogP contribution is -2.39. The first-order valence-corrected chi connectivity index (χ1v) is 12.0. The number of benzene rings is 2. The van der Waals surface area contributed by atoms with Crippen LogP contribution in [0.25, 0.3) is 6.08 Å². The molecule has 1 saturated carbocycles. The second-order valence-corrected chi connectivity index (χ2v) is 9.47. The summed E-state index contributed by atoms with van der Waals surface area (Å²) in [5.41, 5.74) is 3.41. The van der Waals surface area contributed by atoms with Gasteiger partial charge in [0.05, 0.1) is 17.2 Å². The molecule has 2 aromatic rings. The topological polar surface area (TPSA) is 73.2 Å². The molecule has 7 heteroatoms. The number of nitrogens with zero attached hydrogens (tertiary/aromatic N) is 2. The molecular weight excluding hydrogens is 453 g/mol. The third kappa shape index (κ3) is 5.31. The molecule has 0 atom stereocenters. The molecule has 0 radical (unpaired) electrons. The van der Waals surface area contributed by atoms with Crippen LogP contribution in [0.4, 0.5) is 10.1 Å². The Labute approximate surface area is 204 Å². The predicted octanol–water partition coefficient (Wildman–Crippen LogP) is 6.11. The second-order valence-electron chi connectivity index (χ2n) is 9.04. The van der Waals surface area contributed by atoms with E-state index in [9.17, 15) is 14.0 Å². The maximum Gasteiger partial charge on any atom is 0.258 e. The van der Waals surface area contributed by atoms with Gasteiger partial charge in [-0.25, -0.2) is 4.39 Å².